The summed E-state index contributed by atoms with van der Waals surface area (Å²) < 4.78 is 37.4. The summed E-state index contributed by atoms with van der Waals surface area (Å²) in [5.74, 6) is -1.22. The summed E-state index contributed by atoms with van der Waals surface area (Å²) in [7, 11) is 0. The highest BCUT2D eigenvalue weighted by Gasteiger charge is 2.30. The Balaban J connectivity index is 2.85. The van der Waals surface area contributed by atoms with Crippen molar-refractivity contribution >= 4 is 11.7 Å². The van der Waals surface area contributed by atoms with E-state index in [2.05, 4.69) is 5.32 Å². The van der Waals surface area contributed by atoms with Crippen LogP contribution in [-0.4, -0.2) is 23.7 Å². The van der Waals surface area contributed by atoms with E-state index in [1.54, 1.807) is 6.92 Å². The first-order valence-electron chi connectivity index (χ1n) is 5.12. The average molecular weight is 262 g/mol. The predicted octanol–water partition coefficient (Wildman–Crippen LogP) is 1.84. The topological polar surface area (TPSA) is 75.3 Å². The molecule has 0 radical (unpaired) electrons. The maximum Gasteiger partial charge on any atom is 0.416 e. The van der Waals surface area contributed by atoms with E-state index in [9.17, 15) is 18.0 Å². The van der Waals surface area contributed by atoms with Crippen LogP contribution < -0.4 is 11.1 Å². The molecule has 4 nitrogen and oxygen atoms in total. The number of carbonyl (C=O) groups is 1. The van der Waals surface area contributed by atoms with Crippen LogP contribution in [0.3, 0.4) is 0 Å². The number of hydrogen-bond donors (Lipinski definition) is 3. The minimum Gasteiger partial charge on any atom is -0.480 e. The third-order valence-electron chi connectivity index (χ3n) is 2.39. The molecule has 0 aliphatic rings. The Labute approximate surface area is 102 Å². The number of aliphatic carboxylic acids is 1. The molecule has 100 valence electrons. The first-order chi connectivity index (χ1) is 8.21. The number of alkyl halides is 3. The van der Waals surface area contributed by atoms with Gasteiger partial charge in [-0.15, -0.1) is 0 Å². The second-order valence-corrected chi connectivity index (χ2v) is 3.85. The third-order valence-corrected chi connectivity index (χ3v) is 2.39. The summed E-state index contributed by atoms with van der Waals surface area (Å²) in [5.41, 5.74) is 5.27. The number of benzene rings is 1. The first kappa shape index (κ1) is 14.3. The van der Waals surface area contributed by atoms with E-state index in [0.717, 1.165) is 12.1 Å². The Kier molecular flexibility index (Phi) is 4.18. The zero-order chi connectivity index (χ0) is 13.9. The molecule has 0 aliphatic heterocycles. The summed E-state index contributed by atoms with van der Waals surface area (Å²) in [6.45, 7) is 1.48. The smallest absolute Gasteiger partial charge is 0.416 e. The number of hydrogen-bond acceptors (Lipinski definition) is 3. The van der Waals surface area contributed by atoms with Crippen molar-refractivity contribution < 1.29 is 23.1 Å². The second kappa shape index (κ2) is 5.26. The van der Waals surface area contributed by atoms with Crippen LogP contribution in [0.25, 0.3) is 0 Å². The molecule has 18 heavy (non-hydrogen) atoms. The molecule has 0 fully saturated rings. The van der Waals surface area contributed by atoms with Crippen molar-refractivity contribution in [2.75, 3.05) is 11.9 Å². The van der Waals surface area contributed by atoms with Crippen molar-refractivity contribution in [1.29, 1.82) is 0 Å². The molecule has 4 N–H and O–H groups in total. The van der Waals surface area contributed by atoms with Crippen LogP contribution in [0.1, 0.15) is 11.1 Å². The standard InChI is InChI=1S/C11H13F3N2O2/c1-6-2-3-7(11(12,13)14)4-9(6)16-5-8(15)10(17)18/h2-4,8,16H,5,15H2,1H3,(H,17,18). The van der Waals surface area contributed by atoms with Crippen LogP contribution in [0.2, 0.25) is 0 Å². The molecule has 1 atom stereocenters. The van der Waals surface area contributed by atoms with E-state index < -0.39 is 23.8 Å². The van der Waals surface area contributed by atoms with Crippen LogP contribution in [-0.2, 0) is 11.0 Å². The quantitative estimate of drug-likeness (QED) is 0.774. The molecule has 0 heterocycles. The summed E-state index contributed by atoms with van der Waals surface area (Å²) in [4.78, 5) is 10.5. The largest absolute Gasteiger partial charge is 0.480 e. The highest BCUT2D eigenvalue weighted by molar-refractivity contribution is 5.74. The number of nitrogens with two attached hydrogens (primary N) is 1. The Morgan fingerprint density at radius 3 is 2.61 bits per heavy atom. The number of rotatable bonds is 4. The molecular weight excluding hydrogens is 249 g/mol. The SMILES string of the molecule is Cc1ccc(C(F)(F)F)cc1NCC(N)C(=O)O. The van der Waals surface area contributed by atoms with E-state index in [1.165, 1.54) is 6.07 Å². The van der Waals surface area contributed by atoms with Gasteiger partial charge in [-0.05, 0) is 24.6 Å². The van der Waals surface area contributed by atoms with Gasteiger partial charge in [-0.25, -0.2) is 0 Å². The predicted molar refractivity (Wildman–Crippen MR) is 60.3 cm³/mol. The summed E-state index contributed by atoms with van der Waals surface area (Å²) in [5, 5.41) is 11.2. The number of anilines is 1. The molecule has 7 heteroatoms. The van der Waals surface area contributed by atoms with Crippen molar-refractivity contribution in [3.63, 3.8) is 0 Å². The molecule has 0 saturated carbocycles. The van der Waals surface area contributed by atoms with Gasteiger partial charge in [-0.3, -0.25) is 4.79 Å². The Hall–Kier alpha value is -1.76. The lowest BCUT2D eigenvalue weighted by Crippen LogP contribution is -2.37. The number of nitrogens with one attached hydrogen (secondary N) is 1. The van der Waals surface area contributed by atoms with Crippen molar-refractivity contribution in [2.24, 2.45) is 5.73 Å². The van der Waals surface area contributed by atoms with Gasteiger partial charge in [0.2, 0.25) is 0 Å². The molecule has 0 aromatic heterocycles. The van der Waals surface area contributed by atoms with Gasteiger partial charge >= 0.3 is 12.1 Å². The van der Waals surface area contributed by atoms with Gasteiger partial charge in [0.1, 0.15) is 6.04 Å². The molecule has 0 saturated heterocycles. The minimum atomic E-state index is -4.43. The minimum absolute atomic E-state index is 0.141. The van der Waals surface area contributed by atoms with Crippen molar-refractivity contribution in [3.8, 4) is 0 Å². The molecule has 0 aliphatic carbocycles. The van der Waals surface area contributed by atoms with Crippen LogP contribution in [0.4, 0.5) is 18.9 Å². The first-order valence-corrected chi connectivity index (χ1v) is 5.12. The normalized spacial score (nSPS) is 13.2. The molecule has 1 rings (SSSR count). The van der Waals surface area contributed by atoms with Crippen LogP contribution in [0, 0.1) is 6.92 Å². The fourth-order valence-corrected chi connectivity index (χ4v) is 1.30. The van der Waals surface area contributed by atoms with Crippen molar-refractivity contribution in [3.05, 3.63) is 29.3 Å². The number of carboxylic acid groups (broad SMARTS) is 1. The Bertz CT molecular complexity index is 446. The van der Waals surface area contributed by atoms with Crippen molar-refractivity contribution in [1.82, 2.24) is 0 Å². The lowest BCUT2D eigenvalue weighted by Gasteiger charge is -2.14. The van der Waals surface area contributed by atoms with E-state index in [4.69, 9.17) is 10.8 Å². The van der Waals surface area contributed by atoms with Crippen LogP contribution in [0.15, 0.2) is 18.2 Å². The highest BCUT2D eigenvalue weighted by Crippen LogP contribution is 2.31. The molecule has 1 aromatic carbocycles. The van der Waals surface area contributed by atoms with E-state index in [1.807, 2.05) is 0 Å². The van der Waals surface area contributed by atoms with Crippen LogP contribution in [0.5, 0.6) is 0 Å². The van der Waals surface area contributed by atoms with E-state index in [0.29, 0.717) is 5.56 Å². The monoisotopic (exact) mass is 262 g/mol. The molecular formula is C11H13F3N2O2. The Morgan fingerprint density at radius 1 is 1.50 bits per heavy atom. The molecule has 0 spiro atoms. The van der Waals surface area contributed by atoms with Gasteiger partial charge in [0.25, 0.3) is 0 Å². The zero-order valence-corrected chi connectivity index (χ0v) is 9.58. The summed E-state index contributed by atoms with van der Waals surface area (Å²) in [6, 6.07) is 2.05. The third kappa shape index (κ3) is 3.63. The Morgan fingerprint density at radius 2 is 2.11 bits per heavy atom. The number of carboxylic acids is 1. The van der Waals surface area contributed by atoms with Gasteiger partial charge in [0, 0.05) is 12.2 Å². The fourth-order valence-electron chi connectivity index (χ4n) is 1.30. The van der Waals surface area contributed by atoms with Gasteiger partial charge in [0.15, 0.2) is 0 Å². The van der Waals surface area contributed by atoms with E-state index >= 15 is 0 Å². The maximum absolute atomic E-state index is 12.5. The zero-order valence-electron chi connectivity index (χ0n) is 9.58. The number of halogens is 3. The molecule has 1 unspecified atom stereocenters. The van der Waals surface area contributed by atoms with Crippen molar-refractivity contribution in [2.45, 2.75) is 19.1 Å². The van der Waals surface area contributed by atoms with Crippen LogP contribution >= 0.6 is 0 Å². The summed E-state index contributed by atoms with van der Waals surface area (Å²) >= 11 is 0. The molecule has 1 aromatic rings. The molecule has 0 amide bonds. The molecule has 0 bridgehead atoms. The fraction of sp³-hybridized carbons (Fsp3) is 0.364. The number of aryl methyl sites for hydroxylation is 1. The van der Waals surface area contributed by atoms with Gasteiger partial charge < -0.3 is 16.2 Å². The second-order valence-electron chi connectivity index (χ2n) is 3.85. The lowest BCUT2D eigenvalue weighted by atomic mass is 10.1. The average Bonchev–Trinajstić information content (AvgIpc) is 2.25. The lowest BCUT2D eigenvalue weighted by molar-refractivity contribution is -0.138. The maximum atomic E-state index is 12.5. The summed E-state index contributed by atoms with van der Waals surface area (Å²) in [6.07, 6.45) is -4.43. The van der Waals surface area contributed by atoms with Gasteiger partial charge in [-0.2, -0.15) is 13.2 Å². The van der Waals surface area contributed by atoms with E-state index in [-0.39, 0.29) is 12.2 Å². The highest BCUT2D eigenvalue weighted by atomic mass is 19.4. The van der Waals surface area contributed by atoms with Gasteiger partial charge in [-0.1, -0.05) is 6.07 Å². The van der Waals surface area contributed by atoms with Gasteiger partial charge in [0.05, 0.1) is 5.56 Å².